The number of halogens is 2. The minimum Gasteiger partial charge on any atom is -0.334 e. The molecular formula is C16H24Cl2N4O. The zero-order valence-corrected chi connectivity index (χ0v) is 15.1. The molecule has 0 saturated heterocycles. The third kappa shape index (κ3) is 4.91. The normalized spacial score (nSPS) is 14.9. The van der Waals surface area contributed by atoms with Gasteiger partial charge in [-0.05, 0) is 63.2 Å². The minimum absolute atomic E-state index is 0. The highest BCUT2D eigenvalue weighted by Crippen LogP contribution is 2.23. The summed E-state index contributed by atoms with van der Waals surface area (Å²) in [5.74, 6) is 1.37. The number of aromatic nitrogens is 2. The van der Waals surface area contributed by atoms with Crippen molar-refractivity contribution in [1.29, 1.82) is 0 Å². The number of hydrogen-bond acceptors (Lipinski definition) is 5. The molecule has 1 aliphatic heterocycles. The summed E-state index contributed by atoms with van der Waals surface area (Å²) in [6.07, 6.45) is 2.92. The van der Waals surface area contributed by atoms with Crippen LogP contribution in [-0.4, -0.2) is 36.3 Å². The second-order valence-electron chi connectivity index (χ2n) is 5.64. The molecule has 1 aromatic carbocycles. The van der Waals surface area contributed by atoms with Crippen LogP contribution in [0.15, 0.2) is 22.7 Å². The van der Waals surface area contributed by atoms with Gasteiger partial charge in [0.2, 0.25) is 0 Å². The van der Waals surface area contributed by atoms with Crippen molar-refractivity contribution >= 4 is 24.8 Å². The summed E-state index contributed by atoms with van der Waals surface area (Å²) in [6, 6.07) is 6.82. The molecule has 2 N–H and O–H groups in total. The summed E-state index contributed by atoms with van der Waals surface area (Å²) >= 11 is 0. The van der Waals surface area contributed by atoms with E-state index in [9.17, 15) is 0 Å². The first-order chi connectivity index (χ1) is 10.3. The molecule has 1 aliphatic rings. The molecule has 0 radical (unpaired) electrons. The Morgan fingerprint density at radius 3 is 2.70 bits per heavy atom. The summed E-state index contributed by atoms with van der Waals surface area (Å²) in [5, 5.41) is 10.7. The Morgan fingerprint density at radius 1 is 1.22 bits per heavy atom. The van der Waals surface area contributed by atoms with Crippen molar-refractivity contribution in [2.24, 2.45) is 0 Å². The van der Waals surface area contributed by atoms with E-state index >= 15 is 0 Å². The molecule has 0 bridgehead atoms. The molecule has 1 atom stereocenters. The Labute approximate surface area is 149 Å². The van der Waals surface area contributed by atoms with Gasteiger partial charge in [-0.2, -0.15) is 4.98 Å². The van der Waals surface area contributed by atoms with E-state index in [0.29, 0.717) is 11.9 Å². The first kappa shape index (κ1) is 19.9. The Hall–Kier alpha value is -1.14. The lowest BCUT2D eigenvalue weighted by Gasteiger charge is -2.06. The molecule has 0 saturated carbocycles. The molecule has 2 heterocycles. The third-order valence-corrected chi connectivity index (χ3v) is 4.05. The Balaban J connectivity index is 0.00000132. The molecule has 7 heteroatoms. The zero-order chi connectivity index (χ0) is 14.7. The van der Waals surface area contributed by atoms with Crippen LogP contribution in [0.4, 0.5) is 0 Å². The van der Waals surface area contributed by atoms with Gasteiger partial charge in [-0.15, -0.1) is 24.8 Å². The van der Waals surface area contributed by atoms with Gasteiger partial charge in [-0.1, -0.05) is 11.2 Å². The molecule has 5 nitrogen and oxygen atoms in total. The molecule has 1 aromatic heterocycles. The SMILES string of the molecule is CNC(C)Cc1noc(-c2ccc3c(c2)CCNCC3)n1.Cl.Cl. The molecule has 128 valence electrons. The molecule has 23 heavy (non-hydrogen) atoms. The van der Waals surface area contributed by atoms with Gasteiger partial charge in [-0.25, -0.2) is 0 Å². The van der Waals surface area contributed by atoms with Gasteiger partial charge >= 0.3 is 0 Å². The number of hydrogen-bond donors (Lipinski definition) is 2. The van der Waals surface area contributed by atoms with E-state index in [1.165, 1.54) is 11.1 Å². The van der Waals surface area contributed by atoms with Gasteiger partial charge in [0.15, 0.2) is 5.82 Å². The van der Waals surface area contributed by atoms with Crippen molar-refractivity contribution in [3.8, 4) is 11.5 Å². The van der Waals surface area contributed by atoms with Crippen LogP contribution in [0, 0.1) is 0 Å². The molecule has 0 amide bonds. The molecule has 3 rings (SSSR count). The second kappa shape index (κ2) is 9.23. The summed E-state index contributed by atoms with van der Waals surface area (Å²) in [6.45, 7) is 4.19. The lowest BCUT2D eigenvalue weighted by molar-refractivity contribution is 0.418. The highest BCUT2D eigenvalue weighted by atomic mass is 35.5. The van der Waals surface area contributed by atoms with Crippen molar-refractivity contribution < 1.29 is 4.52 Å². The number of fused-ring (bicyclic) bond motifs is 1. The topological polar surface area (TPSA) is 63.0 Å². The molecular weight excluding hydrogens is 335 g/mol. The van der Waals surface area contributed by atoms with Crippen LogP contribution in [-0.2, 0) is 19.3 Å². The molecule has 0 spiro atoms. The third-order valence-electron chi connectivity index (χ3n) is 4.05. The fraction of sp³-hybridized carbons (Fsp3) is 0.500. The molecule has 0 aliphatic carbocycles. The Kier molecular flexibility index (Phi) is 7.99. The predicted molar refractivity (Wildman–Crippen MR) is 96.7 cm³/mol. The van der Waals surface area contributed by atoms with Gasteiger partial charge < -0.3 is 15.2 Å². The van der Waals surface area contributed by atoms with Crippen LogP contribution in [0.2, 0.25) is 0 Å². The second-order valence-corrected chi connectivity index (χ2v) is 5.64. The molecule has 1 unspecified atom stereocenters. The van der Waals surface area contributed by atoms with Crippen molar-refractivity contribution in [3.63, 3.8) is 0 Å². The van der Waals surface area contributed by atoms with Crippen molar-refractivity contribution in [1.82, 2.24) is 20.8 Å². The first-order valence-corrected chi connectivity index (χ1v) is 7.59. The maximum Gasteiger partial charge on any atom is 0.257 e. The van der Waals surface area contributed by atoms with E-state index < -0.39 is 0 Å². The fourth-order valence-electron chi connectivity index (χ4n) is 2.64. The van der Waals surface area contributed by atoms with E-state index in [1.54, 1.807) is 0 Å². The lowest BCUT2D eigenvalue weighted by atomic mass is 10.00. The highest BCUT2D eigenvalue weighted by molar-refractivity contribution is 5.85. The quantitative estimate of drug-likeness (QED) is 0.878. The maximum atomic E-state index is 5.41. The Bertz CT molecular complexity index is 618. The highest BCUT2D eigenvalue weighted by Gasteiger charge is 2.14. The van der Waals surface area contributed by atoms with Crippen molar-refractivity contribution in [2.45, 2.75) is 32.2 Å². The van der Waals surface area contributed by atoms with Gasteiger partial charge in [0.25, 0.3) is 5.89 Å². The van der Waals surface area contributed by atoms with Gasteiger partial charge in [-0.3, -0.25) is 0 Å². The standard InChI is InChI=1S/C16H22N4O.2ClH/c1-11(17-2)9-15-19-16(21-20-15)14-4-3-12-5-7-18-8-6-13(12)10-14;;/h3-4,10-11,17-18H,5-9H2,1-2H3;2*1H. The monoisotopic (exact) mass is 358 g/mol. The summed E-state index contributed by atoms with van der Waals surface area (Å²) < 4.78 is 5.41. The maximum absolute atomic E-state index is 5.41. The molecule has 0 fully saturated rings. The summed E-state index contributed by atoms with van der Waals surface area (Å²) in [4.78, 5) is 4.51. The number of nitrogens with zero attached hydrogens (tertiary/aromatic N) is 2. The van der Waals surface area contributed by atoms with Crippen molar-refractivity contribution in [3.05, 3.63) is 35.2 Å². The van der Waals surface area contributed by atoms with Crippen LogP contribution in [0.3, 0.4) is 0 Å². The van der Waals surface area contributed by atoms with Gasteiger partial charge in [0.05, 0.1) is 0 Å². The summed E-state index contributed by atoms with van der Waals surface area (Å²) in [5.41, 5.74) is 3.83. The fourth-order valence-corrected chi connectivity index (χ4v) is 2.64. The Morgan fingerprint density at radius 2 is 1.96 bits per heavy atom. The number of benzene rings is 1. The lowest BCUT2D eigenvalue weighted by Crippen LogP contribution is -2.24. The zero-order valence-electron chi connectivity index (χ0n) is 13.5. The summed E-state index contributed by atoms with van der Waals surface area (Å²) in [7, 11) is 1.94. The van der Waals surface area contributed by atoms with E-state index in [2.05, 4.69) is 45.9 Å². The first-order valence-electron chi connectivity index (χ1n) is 7.59. The number of likely N-dealkylation sites (N-methyl/N-ethyl adjacent to an activating group) is 1. The largest absolute Gasteiger partial charge is 0.334 e. The number of rotatable bonds is 4. The van der Waals surface area contributed by atoms with E-state index in [-0.39, 0.29) is 24.8 Å². The van der Waals surface area contributed by atoms with Gasteiger partial charge in [0.1, 0.15) is 0 Å². The predicted octanol–water partition coefficient (Wildman–Crippen LogP) is 2.42. The van der Waals surface area contributed by atoms with Crippen molar-refractivity contribution in [2.75, 3.05) is 20.1 Å². The van der Waals surface area contributed by atoms with Crippen LogP contribution in [0.5, 0.6) is 0 Å². The van der Waals surface area contributed by atoms with E-state index in [0.717, 1.165) is 43.7 Å². The van der Waals surface area contributed by atoms with Crippen LogP contribution in [0.1, 0.15) is 23.9 Å². The van der Waals surface area contributed by atoms with E-state index in [1.807, 2.05) is 7.05 Å². The van der Waals surface area contributed by atoms with Crippen LogP contribution < -0.4 is 10.6 Å². The van der Waals surface area contributed by atoms with Gasteiger partial charge in [0, 0.05) is 18.0 Å². The smallest absolute Gasteiger partial charge is 0.257 e. The number of nitrogens with one attached hydrogen (secondary N) is 2. The van der Waals surface area contributed by atoms with E-state index in [4.69, 9.17) is 4.52 Å². The average molecular weight is 359 g/mol. The average Bonchev–Trinajstić information content (AvgIpc) is 2.83. The van der Waals surface area contributed by atoms with Crippen LogP contribution >= 0.6 is 24.8 Å². The minimum atomic E-state index is 0. The van der Waals surface area contributed by atoms with Crippen LogP contribution in [0.25, 0.3) is 11.5 Å². The molecule has 2 aromatic rings.